The van der Waals surface area contributed by atoms with Crippen LogP contribution in [0.25, 0.3) is 0 Å². The second-order valence-corrected chi connectivity index (χ2v) is 17.2. The molecule has 0 spiro atoms. The van der Waals surface area contributed by atoms with E-state index in [9.17, 15) is 0 Å². The van der Waals surface area contributed by atoms with Crippen molar-refractivity contribution in [3.05, 3.63) is 5.16 Å². The average molecular weight is 331 g/mol. The van der Waals surface area contributed by atoms with Crippen LogP contribution in [0.2, 0.25) is 39.3 Å². The number of rotatable bonds is 5. The van der Waals surface area contributed by atoms with E-state index in [1.807, 2.05) is 5.16 Å². The number of hydrogen-bond acceptors (Lipinski definition) is 1. The second kappa shape index (κ2) is 8.42. The Morgan fingerprint density at radius 1 is 0.938 bits per heavy atom. The van der Waals surface area contributed by atoms with Gasteiger partial charge in [-0.05, 0) is 20.6 Å². The van der Waals surface area contributed by atoms with Crippen molar-refractivity contribution in [3.8, 4) is 0 Å². The third kappa shape index (κ3) is 9.35. The van der Waals surface area contributed by atoms with E-state index in [0.717, 1.165) is 17.3 Å². The van der Waals surface area contributed by atoms with E-state index >= 15 is 0 Å². The van der Waals surface area contributed by atoms with Crippen LogP contribution in [0.1, 0.15) is 6.42 Å². The van der Waals surface area contributed by atoms with Crippen molar-refractivity contribution in [2.24, 2.45) is 0 Å². The molecule has 0 aliphatic heterocycles. The van der Waals surface area contributed by atoms with Gasteiger partial charge in [0.15, 0.2) is 0 Å². The quantitative estimate of drug-likeness (QED) is 0.544. The number of nitrogens with zero attached hydrogens (tertiary/aromatic N) is 1. The maximum atomic E-state index is 4.76. The molecule has 5 heteroatoms. The van der Waals surface area contributed by atoms with Crippen molar-refractivity contribution in [3.63, 3.8) is 0 Å². The van der Waals surface area contributed by atoms with Crippen molar-refractivity contribution in [2.75, 3.05) is 20.6 Å². The van der Waals surface area contributed by atoms with Crippen LogP contribution in [-0.2, 0) is 17.3 Å². The van der Waals surface area contributed by atoms with Gasteiger partial charge in [-0.2, -0.15) is 6.42 Å². The predicted octanol–water partition coefficient (Wildman–Crippen LogP) is 3.95. The van der Waals surface area contributed by atoms with Gasteiger partial charge in [0.1, 0.15) is 0 Å². The van der Waals surface area contributed by atoms with Gasteiger partial charge in [-0.15, -0.1) is 0 Å². The summed E-state index contributed by atoms with van der Waals surface area (Å²) in [5.74, 6) is 0. The maximum absolute atomic E-state index is 4.76. The number of hydrogen-bond donors (Lipinski definition) is 0. The molecule has 0 aromatic rings. The third-order valence-electron chi connectivity index (χ3n) is 2.62. The van der Waals surface area contributed by atoms with Gasteiger partial charge >= 0.3 is 27.0 Å². The first-order valence-corrected chi connectivity index (χ1v) is 16.7. The molecule has 0 fully saturated rings. The van der Waals surface area contributed by atoms with Crippen LogP contribution in [0.15, 0.2) is 0 Å². The van der Waals surface area contributed by atoms with E-state index in [2.05, 4.69) is 58.3 Å². The van der Waals surface area contributed by atoms with E-state index in [4.69, 9.17) is 9.69 Å². The van der Waals surface area contributed by atoms with Crippen molar-refractivity contribution in [1.29, 1.82) is 0 Å². The van der Waals surface area contributed by atoms with E-state index < -0.39 is 16.1 Å². The van der Waals surface area contributed by atoms with Gasteiger partial charge in [0.2, 0.25) is 0 Å². The van der Waals surface area contributed by atoms with Gasteiger partial charge in [-0.3, -0.25) is 0 Å². The fourth-order valence-corrected chi connectivity index (χ4v) is 12.9. The molecular formula is C11H28ClNSi2Zn. The Bertz CT molecular complexity index is 162. The normalized spacial score (nSPS) is 12.8. The minimum absolute atomic E-state index is 0.847. The molecule has 94 valence electrons. The zero-order chi connectivity index (χ0) is 13.6. The Kier molecular flexibility index (Phi) is 10.3. The second-order valence-electron chi connectivity index (χ2n) is 6.53. The summed E-state index contributed by atoms with van der Waals surface area (Å²) in [4.78, 5) is 2.31. The van der Waals surface area contributed by atoms with E-state index in [-0.39, 0.29) is 0 Å². The molecule has 0 aromatic heterocycles. The van der Waals surface area contributed by atoms with Crippen molar-refractivity contribution in [1.82, 2.24) is 4.90 Å². The molecular weight excluding hydrogens is 303 g/mol. The van der Waals surface area contributed by atoms with Gasteiger partial charge < -0.3 is 10.1 Å². The zero-order valence-corrected chi connectivity index (χ0v) is 18.2. The summed E-state index contributed by atoms with van der Waals surface area (Å²) < 4.78 is 0. The fourth-order valence-electron chi connectivity index (χ4n) is 2.21. The first-order chi connectivity index (χ1) is 7.05. The van der Waals surface area contributed by atoms with Gasteiger partial charge in [0.25, 0.3) is 0 Å². The Morgan fingerprint density at radius 3 is 1.44 bits per heavy atom. The minimum atomic E-state index is -1.04. The summed E-state index contributed by atoms with van der Waals surface area (Å²) in [6.45, 7) is 16.2. The predicted molar refractivity (Wildman–Crippen MR) is 79.0 cm³/mol. The summed E-state index contributed by atoms with van der Waals surface area (Å²) in [5, 5.41) is 1.94. The molecule has 0 radical (unpaired) electrons. The monoisotopic (exact) mass is 329 g/mol. The summed E-state index contributed by atoms with van der Waals surface area (Å²) in [5.41, 5.74) is 0. The van der Waals surface area contributed by atoms with Gasteiger partial charge in [0, 0.05) is 0 Å². The molecule has 0 atom stereocenters. The summed E-state index contributed by atoms with van der Waals surface area (Å²) in [6.07, 6.45) is 1.33. The SMILES string of the molecule is CN(C)CC[C-]([Si](C)(C)C)[Si](C)(C)C.[Cl][Zn+]. The molecule has 0 aliphatic carbocycles. The first-order valence-electron chi connectivity index (χ1n) is 5.83. The molecule has 0 saturated carbocycles. The van der Waals surface area contributed by atoms with Crippen LogP contribution in [0.5, 0.6) is 0 Å². The summed E-state index contributed by atoms with van der Waals surface area (Å²) in [7, 11) is 7.03. The van der Waals surface area contributed by atoms with E-state index in [1.165, 1.54) is 13.0 Å². The zero-order valence-electron chi connectivity index (χ0n) is 12.4. The molecule has 0 saturated heterocycles. The van der Waals surface area contributed by atoms with E-state index in [1.54, 1.807) is 0 Å². The molecule has 0 aliphatic rings. The molecule has 0 amide bonds. The molecule has 0 heterocycles. The van der Waals surface area contributed by atoms with Crippen LogP contribution in [0.4, 0.5) is 0 Å². The first kappa shape index (κ1) is 19.6. The van der Waals surface area contributed by atoms with Crippen LogP contribution in [0.3, 0.4) is 0 Å². The van der Waals surface area contributed by atoms with Crippen LogP contribution in [0, 0.1) is 5.16 Å². The Balaban J connectivity index is 0. The van der Waals surface area contributed by atoms with Crippen LogP contribution >= 0.6 is 9.69 Å². The van der Waals surface area contributed by atoms with Gasteiger partial charge in [-0.1, -0.05) is 55.4 Å². The topological polar surface area (TPSA) is 3.24 Å². The Hall–Kier alpha value is 1.31. The molecule has 16 heavy (non-hydrogen) atoms. The molecule has 1 nitrogen and oxygen atoms in total. The van der Waals surface area contributed by atoms with Crippen LogP contribution in [-0.4, -0.2) is 41.7 Å². The Labute approximate surface area is 119 Å². The molecule has 0 rings (SSSR count). The Morgan fingerprint density at radius 2 is 1.25 bits per heavy atom. The standard InChI is InChI=1S/C11H28NSi2.ClH.Zn/c1-12(2)10-9-11(13(3,4)5)14(6,7)8;;/h9-10H2,1-8H3;1H;/q-1;;+2/p-1. The van der Waals surface area contributed by atoms with Crippen molar-refractivity contribution < 1.29 is 17.3 Å². The average Bonchev–Trinajstić information content (AvgIpc) is 2.02. The summed E-state index contributed by atoms with van der Waals surface area (Å²) >= 11 is 0.847. The summed E-state index contributed by atoms with van der Waals surface area (Å²) in [6, 6.07) is 0. The molecule has 0 N–H and O–H groups in total. The third-order valence-corrected chi connectivity index (χ3v) is 11.2. The molecule has 0 bridgehead atoms. The van der Waals surface area contributed by atoms with Crippen molar-refractivity contribution >= 4 is 25.8 Å². The van der Waals surface area contributed by atoms with Gasteiger partial charge in [-0.25, -0.2) is 0 Å². The molecule has 0 aromatic carbocycles. The van der Waals surface area contributed by atoms with Crippen molar-refractivity contribution in [2.45, 2.75) is 45.7 Å². The van der Waals surface area contributed by atoms with Crippen LogP contribution < -0.4 is 0 Å². The fraction of sp³-hybridized carbons (Fsp3) is 0.909. The number of halogens is 1. The molecule has 0 unspecified atom stereocenters. The van der Waals surface area contributed by atoms with Gasteiger partial charge in [0.05, 0.1) is 0 Å². The van der Waals surface area contributed by atoms with E-state index in [0.29, 0.717) is 0 Å².